The van der Waals surface area contributed by atoms with E-state index in [0.717, 1.165) is 12.3 Å². The second kappa shape index (κ2) is 4.34. The first-order valence-electron chi connectivity index (χ1n) is 4.99. The maximum Gasteiger partial charge on any atom is 0.306 e. The van der Waals surface area contributed by atoms with Crippen LogP contribution in [0.15, 0.2) is 35.3 Å². The minimum absolute atomic E-state index is 0.0178. The van der Waals surface area contributed by atoms with E-state index >= 15 is 0 Å². The Morgan fingerprint density at radius 2 is 1.83 bits per heavy atom. The van der Waals surface area contributed by atoms with Crippen molar-refractivity contribution in [1.82, 2.24) is 4.40 Å². The second-order valence-electron chi connectivity index (χ2n) is 3.68. The maximum absolute atomic E-state index is 11.7. The molecule has 0 amide bonds. The van der Waals surface area contributed by atoms with E-state index in [1.54, 1.807) is 18.3 Å². The van der Waals surface area contributed by atoms with Crippen LogP contribution >= 0.6 is 0 Å². The molecule has 96 valence electrons. The lowest BCUT2D eigenvalue weighted by Crippen LogP contribution is -2.14. The monoisotopic (exact) mass is 269 g/mol. The van der Waals surface area contributed by atoms with Gasteiger partial charge in [-0.3, -0.25) is 9.20 Å². The zero-order valence-corrected chi connectivity index (χ0v) is 10.6. The van der Waals surface area contributed by atoms with Crippen LogP contribution in [0.2, 0.25) is 0 Å². The van der Waals surface area contributed by atoms with Crippen molar-refractivity contribution in [2.75, 3.05) is 13.4 Å². The molecule has 0 aliphatic rings. The predicted molar refractivity (Wildman–Crippen MR) is 65.7 cm³/mol. The smallest absolute Gasteiger partial charge is 0.306 e. The summed E-state index contributed by atoms with van der Waals surface area (Å²) in [7, 11) is -2.16. The van der Waals surface area contributed by atoms with Crippen molar-refractivity contribution >= 4 is 15.6 Å². The third kappa shape index (κ3) is 2.62. The minimum Gasteiger partial charge on any atom is -0.497 e. The van der Waals surface area contributed by atoms with Gasteiger partial charge in [-0.2, -0.15) is 8.42 Å². The van der Waals surface area contributed by atoms with Gasteiger partial charge in [-0.05, 0) is 6.07 Å². The first kappa shape index (κ1) is 12.4. The van der Waals surface area contributed by atoms with Gasteiger partial charge in [0.1, 0.15) is 11.5 Å². The number of hydrogen-bond acceptors (Lipinski definition) is 5. The van der Waals surface area contributed by atoms with Crippen LogP contribution in [-0.4, -0.2) is 26.2 Å². The van der Waals surface area contributed by atoms with E-state index < -0.39 is 10.1 Å². The van der Waals surface area contributed by atoms with E-state index in [-0.39, 0.29) is 11.3 Å². The topological polar surface area (TPSA) is 74.1 Å². The van der Waals surface area contributed by atoms with Gasteiger partial charge >= 0.3 is 10.1 Å². The van der Waals surface area contributed by atoms with Crippen LogP contribution < -0.4 is 14.5 Å². The molecule has 0 N–H and O–H groups in total. The Bertz CT molecular complexity index is 748. The van der Waals surface area contributed by atoms with Crippen LogP contribution in [0.3, 0.4) is 0 Å². The Kier molecular flexibility index (Phi) is 3.00. The van der Waals surface area contributed by atoms with Gasteiger partial charge in [-0.1, -0.05) is 0 Å². The summed E-state index contributed by atoms with van der Waals surface area (Å²) >= 11 is 0. The normalized spacial score (nSPS) is 11.4. The lowest BCUT2D eigenvalue weighted by atomic mass is 10.3. The Labute approximate surface area is 104 Å². The van der Waals surface area contributed by atoms with Crippen molar-refractivity contribution in [3.63, 3.8) is 0 Å². The standard InChI is InChI=1S/C11H11NO5S/c1-16-9-3-4-12-8(5-9)6-10(7-11(12)13)17-18(2,14)15/h3-7H,1-2H3. The number of hydrogen-bond donors (Lipinski definition) is 0. The van der Waals surface area contributed by atoms with E-state index in [9.17, 15) is 13.2 Å². The molecule has 7 heteroatoms. The van der Waals surface area contributed by atoms with E-state index in [0.29, 0.717) is 11.3 Å². The van der Waals surface area contributed by atoms with Crippen molar-refractivity contribution in [3.8, 4) is 11.5 Å². The molecule has 0 unspecified atom stereocenters. The Morgan fingerprint density at radius 1 is 1.17 bits per heavy atom. The highest BCUT2D eigenvalue weighted by molar-refractivity contribution is 7.86. The molecule has 0 bridgehead atoms. The Balaban J connectivity index is 2.63. The zero-order valence-electron chi connectivity index (χ0n) is 9.78. The van der Waals surface area contributed by atoms with Crippen molar-refractivity contribution in [2.24, 2.45) is 0 Å². The summed E-state index contributed by atoms with van der Waals surface area (Å²) in [6.45, 7) is 0. The van der Waals surface area contributed by atoms with E-state index in [2.05, 4.69) is 4.18 Å². The number of ether oxygens (including phenoxy) is 1. The molecule has 0 aliphatic heterocycles. The average molecular weight is 269 g/mol. The highest BCUT2D eigenvalue weighted by Gasteiger charge is 2.08. The van der Waals surface area contributed by atoms with Gasteiger partial charge < -0.3 is 8.92 Å². The van der Waals surface area contributed by atoms with Crippen LogP contribution in [0, 0.1) is 0 Å². The number of methoxy groups -OCH3 is 1. The fraction of sp³-hybridized carbons (Fsp3) is 0.182. The summed E-state index contributed by atoms with van der Waals surface area (Å²) in [6.07, 6.45) is 2.46. The summed E-state index contributed by atoms with van der Waals surface area (Å²) in [4.78, 5) is 11.7. The lowest BCUT2D eigenvalue weighted by molar-refractivity contribution is 0.414. The highest BCUT2D eigenvalue weighted by Crippen LogP contribution is 2.17. The molecular weight excluding hydrogens is 258 g/mol. The largest absolute Gasteiger partial charge is 0.497 e. The fourth-order valence-electron chi connectivity index (χ4n) is 1.54. The van der Waals surface area contributed by atoms with E-state index in [1.165, 1.54) is 17.6 Å². The molecule has 2 heterocycles. The summed E-state index contributed by atoms with van der Waals surface area (Å²) in [5.41, 5.74) is 0.106. The second-order valence-corrected chi connectivity index (χ2v) is 5.25. The number of aromatic nitrogens is 1. The van der Waals surface area contributed by atoms with Gasteiger partial charge in [0.15, 0.2) is 0 Å². The van der Waals surface area contributed by atoms with Crippen LogP contribution in [0.25, 0.3) is 5.52 Å². The molecule has 6 nitrogen and oxygen atoms in total. The zero-order chi connectivity index (χ0) is 13.3. The Hall–Kier alpha value is -2.02. The molecule has 2 rings (SSSR count). The molecule has 0 saturated heterocycles. The quantitative estimate of drug-likeness (QED) is 0.765. The fourth-order valence-corrected chi connectivity index (χ4v) is 1.98. The van der Waals surface area contributed by atoms with Gasteiger partial charge in [0.05, 0.1) is 18.9 Å². The first-order chi connectivity index (χ1) is 8.39. The number of pyridine rings is 2. The molecule has 0 fully saturated rings. The summed E-state index contributed by atoms with van der Waals surface area (Å²) in [5.74, 6) is 0.543. The van der Waals surface area contributed by atoms with Crippen molar-refractivity contribution < 1.29 is 17.3 Å². The molecule has 2 aromatic heterocycles. The molecule has 0 aliphatic carbocycles. The van der Waals surface area contributed by atoms with Gasteiger partial charge in [0.2, 0.25) is 0 Å². The van der Waals surface area contributed by atoms with Crippen molar-refractivity contribution in [1.29, 1.82) is 0 Å². The molecule has 2 aromatic rings. The summed E-state index contributed by atoms with van der Waals surface area (Å²) in [6, 6.07) is 5.80. The molecule has 0 radical (unpaired) electrons. The molecule has 0 saturated carbocycles. The number of rotatable bonds is 3. The van der Waals surface area contributed by atoms with E-state index in [1.807, 2.05) is 0 Å². The maximum atomic E-state index is 11.7. The molecule has 0 spiro atoms. The van der Waals surface area contributed by atoms with Gasteiger partial charge in [0.25, 0.3) is 5.56 Å². The van der Waals surface area contributed by atoms with Crippen molar-refractivity contribution in [3.05, 3.63) is 40.8 Å². The number of fused-ring (bicyclic) bond motifs is 1. The predicted octanol–water partition coefficient (Wildman–Crippen LogP) is 0.646. The Morgan fingerprint density at radius 3 is 2.44 bits per heavy atom. The number of nitrogens with zero attached hydrogens (tertiary/aromatic N) is 1. The molecular formula is C11H11NO5S. The lowest BCUT2D eigenvalue weighted by Gasteiger charge is -2.06. The van der Waals surface area contributed by atoms with E-state index in [4.69, 9.17) is 4.74 Å². The SMILES string of the molecule is COc1ccn2c(=O)cc(OS(C)(=O)=O)cc2c1. The first-order valence-corrected chi connectivity index (χ1v) is 6.80. The van der Waals surface area contributed by atoms with Crippen LogP contribution in [0.1, 0.15) is 0 Å². The molecule has 0 atom stereocenters. The van der Waals surface area contributed by atoms with Crippen LogP contribution in [-0.2, 0) is 10.1 Å². The van der Waals surface area contributed by atoms with Crippen LogP contribution in [0.4, 0.5) is 0 Å². The third-order valence-corrected chi connectivity index (χ3v) is 2.73. The minimum atomic E-state index is -3.66. The summed E-state index contributed by atoms with van der Waals surface area (Å²) < 4.78 is 33.1. The van der Waals surface area contributed by atoms with Gasteiger partial charge in [-0.15, -0.1) is 0 Å². The van der Waals surface area contributed by atoms with Crippen LogP contribution in [0.5, 0.6) is 11.5 Å². The van der Waals surface area contributed by atoms with Crippen molar-refractivity contribution in [2.45, 2.75) is 0 Å². The molecule has 18 heavy (non-hydrogen) atoms. The highest BCUT2D eigenvalue weighted by atomic mass is 32.2. The third-order valence-electron chi connectivity index (χ3n) is 2.23. The van der Waals surface area contributed by atoms with Gasteiger partial charge in [-0.25, -0.2) is 0 Å². The van der Waals surface area contributed by atoms with Gasteiger partial charge in [0, 0.05) is 24.4 Å². The average Bonchev–Trinajstić information content (AvgIpc) is 2.25. The molecule has 0 aromatic carbocycles. The summed E-state index contributed by atoms with van der Waals surface area (Å²) in [5, 5.41) is 0.